The molecule has 5 heteroatoms. The average Bonchev–Trinajstić information content (AvgIpc) is 2.46. The Balaban J connectivity index is 2.61. The Morgan fingerprint density at radius 3 is 2.50 bits per heavy atom. The molecule has 0 aromatic heterocycles. The molecular formula is C17H32N2O3. The Bertz CT molecular complexity index is 377. The smallest absolute Gasteiger partial charge is 0.410 e. The molecule has 1 aliphatic heterocycles. The Morgan fingerprint density at radius 1 is 1.27 bits per heavy atom. The van der Waals surface area contributed by atoms with Gasteiger partial charge in [0.25, 0.3) is 0 Å². The summed E-state index contributed by atoms with van der Waals surface area (Å²) in [5.41, 5.74) is -0.495. The number of carbonyl (C=O) groups excluding carboxylic acids is 2. The van der Waals surface area contributed by atoms with Crippen LogP contribution >= 0.6 is 0 Å². The number of piperidine rings is 1. The molecule has 128 valence electrons. The van der Waals surface area contributed by atoms with Gasteiger partial charge in [-0.2, -0.15) is 0 Å². The van der Waals surface area contributed by atoms with E-state index < -0.39 is 5.60 Å². The van der Waals surface area contributed by atoms with Gasteiger partial charge in [0.15, 0.2) is 0 Å². The van der Waals surface area contributed by atoms with E-state index in [2.05, 4.69) is 6.92 Å². The Morgan fingerprint density at radius 2 is 1.95 bits per heavy atom. The summed E-state index contributed by atoms with van der Waals surface area (Å²) >= 11 is 0. The highest BCUT2D eigenvalue weighted by atomic mass is 16.6. The SMILES string of the molecule is CCCCN(CC)C(=O)C1CCCN(C(=O)OC(C)(C)C)C1. The number of hydrogen-bond acceptors (Lipinski definition) is 3. The summed E-state index contributed by atoms with van der Waals surface area (Å²) in [4.78, 5) is 28.4. The minimum atomic E-state index is -0.495. The summed E-state index contributed by atoms with van der Waals surface area (Å²) in [6, 6.07) is 0. The van der Waals surface area contributed by atoms with Crippen LogP contribution in [0.25, 0.3) is 0 Å². The quantitative estimate of drug-likeness (QED) is 0.783. The van der Waals surface area contributed by atoms with Crippen molar-refractivity contribution in [2.45, 2.75) is 65.9 Å². The van der Waals surface area contributed by atoms with Gasteiger partial charge in [0, 0.05) is 26.2 Å². The molecule has 0 bridgehead atoms. The predicted octanol–water partition coefficient (Wildman–Crippen LogP) is 3.28. The van der Waals surface area contributed by atoms with E-state index in [4.69, 9.17) is 4.74 Å². The maximum Gasteiger partial charge on any atom is 0.410 e. The van der Waals surface area contributed by atoms with Crippen LogP contribution in [0.3, 0.4) is 0 Å². The topological polar surface area (TPSA) is 49.9 Å². The van der Waals surface area contributed by atoms with Crippen molar-refractivity contribution in [3.8, 4) is 0 Å². The average molecular weight is 312 g/mol. The Labute approximate surface area is 135 Å². The first kappa shape index (κ1) is 18.8. The minimum Gasteiger partial charge on any atom is -0.444 e. The van der Waals surface area contributed by atoms with Crippen molar-refractivity contribution < 1.29 is 14.3 Å². The number of amides is 2. The fraction of sp³-hybridized carbons (Fsp3) is 0.882. The van der Waals surface area contributed by atoms with Gasteiger partial charge in [-0.3, -0.25) is 4.79 Å². The van der Waals surface area contributed by atoms with Gasteiger partial charge in [-0.15, -0.1) is 0 Å². The van der Waals surface area contributed by atoms with Crippen LogP contribution in [-0.4, -0.2) is 53.6 Å². The van der Waals surface area contributed by atoms with E-state index in [-0.39, 0.29) is 17.9 Å². The van der Waals surface area contributed by atoms with Crippen LogP contribution < -0.4 is 0 Å². The molecule has 5 nitrogen and oxygen atoms in total. The number of ether oxygens (including phenoxy) is 1. The van der Waals surface area contributed by atoms with Crippen molar-refractivity contribution in [3.63, 3.8) is 0 Å². The van der Waals surface area contributed by atoms with Crippen molar-refractivity contribution in [2.75, 3.05) is 26.2 Å². The zero-order valence-electron chi connectivity index (χ0n) is 14.9. The molecule has 2 amide bonds. The minimum absolute atomic E-state index is 0.0851. The van der Waals surface area contributed by atoms with E-state index in [0.717, 1.165) is 38.8 Å². The van der Waals surface area contributed by atoms with Gasteiger partial charge in [0.1, 0.15) is 5.60 Å². The molecule has 0 aliphatic carbocycles. The number of carbonyl (C=O) groups is 2. The van der Waals surface area contributed by atoms with Crippen LogP contribution in [0.1, 0.15) is 60.3 Å². The summed E-state index contributed by atoms with van der Waals surface area (Å²) < 4.78 is 5.42. The van der Waals surface area contributed by atoms with Gasteiger partial charge in [0.05, 0.1) is 5.92 Å². The molecule has 0 radical (unpaired) electrons. The first-order chi connectivity index (χ1) is 10.3. The van der Waals surface area contributed by atoms with Crippen LogP contribution in [0.5, 0.6) is 0 Å². The van der Waals surface area contributed by atoms with Gasteiger partial charge in [0.2, 0.25) is 5.91 Å². The number of likely N-dealkylation sites (tertiary alicyclic amines) is 1. The summed E-state index contributed by atoms with van der Waals surface area (Å²) in [5.74, 6) is 0.0993. The lowest BCUT2D eigenvalue weighted by atomic mass is 9.96. The molecule has 22 heavy (non-hydrogen) atoms. The molecule has 0 aromatic carbocycles. The molecule has 1 rings (SSSR count). The summed E-state index contributed by atoms with van der Waals surface area (Å²) in [6.07, 6.45) is 3.53. The third kappa shape index (κ3) is 5.85. The van der Waals surface area contributed by atoms with Crippen molar-refractivity contribution in [3.05, 3.63) is 0 Å². The maximum atomic E-state index is 12.6. The van der Waals surface area contributed by atoms with Crippen molar-refractivity contribution in [1.29, 1.82) is 0 Å². The van der Waals surface area contributed by atoms with E-state index >= 15 is 0 Å². The summed E-state index contributed by atoms with van der Waals surface area (Å²) in [7, 11) is 0. The first-order valence-electron chi connectivity index (χ1n) is 8.55. The van der Waals surface area contributed by atoms with E-state index in [0.29, 0.717) is 13.1 Å². The van der Waals surface area contributed by atoms with Crippen molar-refractivity contribution >= 4 is 12.0 Å². The fourth-order valence-corrected chi connectivity index (χ4v) is 2.70. The fourth-order valence-electron chi connectivity index (χ4n) is 2.70. The molecule has 1 aliphatic rings. The lowest BCUT2D eigenvalue weighted by Gasteiger charge is -2.35. The Hall–Kier alpha value is -1.26. The molecule has 1 fully saturated rings. The molecule has 0 saturated carbocycles. The molecule has 1 atom stereocenters. The molecule has 1 heterocycles. The third-order valence-corrected chi connectivity index (χ3v) is 3.90. The zero-order valence-corrected chi connectivity index (χ0v) is 14.9. The second kappa shape index (κ2) is 8.39. The highest BCUT2D eigenvalue weighted by Crippen LogP contribution is 2.21. The largest absolute Gasteiger partial charge is 0.444 e. The second-order valence-corrected chi connectivity index (χ2v) is 7.04. The zero-order chi connectivity index (χ0) is 16.8. The van der Waals surface area contributed by atoms with Crippen LogP contribution in [-0.2, 0) is 9.53 Å². The van der Waals surface area contributed by atoms with Crippen molar-refractivity contribution in [1.82, 2.24) is 9.80 Å². The monoisotopic (exact) mass is 312 g/mol. The van der Waals surface area contributed by atoms with Gasteiger partial charge >= 0.3 is 6.09 Å². The Kier molecular flexibility index (Phi) is 7.17. The molecule has 0 N–H and O–H groups in total. The normalized spacial score (nSPS) is 19.0. The molecule has 0 spiro atoms. The van der Waals surface area contributed by atoms with Crippen molar-refractivity contribution in [2.24, 2.45) is 5.92 Å². The lowest BCUT2D eigenvalue weighted by molar-refractivity contribution is -0.137. The lowest BCUT2D eigenvalue weighted by Crippen LogP contribution is -2.48. The highest BCUT2D eigenvalue weighted by Gasteiger charge is 2.32. The molecular weight excluding hydrogens is 280 g/mol. The number of unbranched alkanes of at least 4 members (excludes halogenated alkanes) is 1. The summed E-state index contributed by atoms with van der Waals surface area (Å²) in [6.45, 7) is 12.4. The van der Waals surface area contributed by atoms with Crippen LogP contribution in [0.4, 0.5) is 4.79 Å². The van der Waals surface area contributed by atoms with E-state index in [1.165, 1.54) is 0 Å². The van der Waals surface area contributed by atoms with E-state index in [1.807, 2.05) is 32.6 Å². The second-order valence-electron chi connectivity index (χ2n) is 7.04. The van der Waals surface area contributed by atoms with E-state index in [9.17, 15) is 9.59 Å². The number of nitrogens with zero attached hydrogens (tertiary/aromatic N) is 2. The van der Waals surface area contributed by atoms with Gasteiger partial charge < -0.3 is 14.5 Å². The molecule has 1 saturated heterocycles. The maximum absolute atomic E-state index is 12.6. The van der Waals surface area contributed by atoms with Crippen LogP contribution in [0.15, 0.2) is 0 Å². The molecule has 0 aromatic rings. The summed E-state index contributed by atoms with van der Waals surface area (Å²) in [5, 5.41) is 0. The molecule has 1 unspecified atom stereocenters. The van der Waals surface area contributed by atoms with E-state index in [1.54, 1.807) is 4.90 Å². The van der Waals surface area contributed by atoms with Crippen LogP contribution in [0, 0.1) is 5.92 Å². The third-order valence-electron chi connectivity index (χ3n) is 3.90. The standard InChI is InChI=1S/C17H32N2O3/c1-6-8-11-18(7-2)15(20)14-10-9-12-19(13-14)16(21)22-17(3,4)5/h14H,6-13H2,1-5H3. The number of rotatable bonds is 5. The highest BCUT2D eigenvalue weighted by molar-refractivity contribution is 5.80. The van der Waals surface area contributed by atoms with Gasteiger partial charge in [-0.1, -0.05) is 13.3 Å². The van der Waals surface area contributed by atoms with Crippen LogP contribution in [0.2, 0.25) is 0 Å². The van der Waals surface area contributed by atoms with Gasteiger partial charge in [-0.25, -0.2) is 4.79 Å². The first-order valence-corrected chi connectivity index (χ1v) is 8.55. The number of hydrogen-bond donors (Lipinski definition) is 0. The van der Waals surface area contributed by atoms with Gasteiger partial charge in [-0.05, 0) is 47.0 Å². The predicted molar refractivity (Wildman–Crippen MR) is 87.7 cm³/mol.